The van der Waals surface area contributed by atoms with Crippen LogP contribution < -0.4 is 15.1 Å². The van der Waals surface area contributed by atoms with Gasteiger partial charge in [-0.2, -0.15) is 5.10 Å². The van der Waals surface area contributed by atoms with Crippen LogP contribution in [0.25, 0.3) is 0 Å². The monoisotopic (exact) mass is 410 g/mol. The van der Waals surface area contributed by atoms with Crippen LogP contribution >= 0.6 is 0 Å². The van der Waals surface area contributed by atoms with Crippen LogP contribution in [0.5, 0.6) is 11.5 Å². The van der Waals surface area contributed by atoms with Crippen LogP contribution in [0.1, 0.15) is 48.4 Å². The molecule has 1 heterocycles. The Balaban J connectivity index is 1.59. The second kappa shape index (κ2) is 10.3. The van der Waals surface area contributed by atoms with Crippen LogP contribution in [0, 0.1) is 13.8 Å². The van der Waals surface area contributed by atoms with Crippen LogP contribution in [-0.2, 0) is 11.3 Å². The number of hydrogen-bond acceptors (Lipinski definition) is 4. The topological polar surface area (TPSA) is 75.4 Å². The molecule has 2 aromatic carbocycles. The molecule has 0 bridgehead atoms. The first-order valence-electron chi connectivity index (χ1n) is 10.6. The van der Waals surface area contributed by atoms with Crippen LogP contribution in [0.3, 0.4) is 0 Å². The number of ether oxygens (including phenoxy) is 1. The zero-order valence-corrected chi connectivity index (χ0v) is 18.1. The minimum absolute atomic E-state index is 0.0956. The molecule has 30 heavy (non-hydrogen) atoms. The smallest absolute Gasteiger partial charge is 0.277 e. The molecule has 160 valence electrons. The van der Waals surface area contributed by atoms with Gasteiger partial charge in [0.05, 0.1) is 18.8 Å². The standard InChI is InChI=1S/C24H31N3O3/c1-17-8-7-9-18(2)24(17)30-16-23(29)26-25-19(3)20-10-11-22(28)21(14-20)15-27-12-5-4-6-13-27/h7-11,14,28H,4-6,12-13,15-16H2,1-3H3,(H,26,29)/p+1/b25-19+. The molecule has 0 aliphatic carbocycles. The van der Waals surface area contributed by atoms with Gasteiger partial charge in [0.25, 0.3) is 5.91 Å². The average Bonchev–Trinajstić information content (AvgIpc) is 2.74. The van der Waals surface area contributed by atoms with Crippen LogP contribution in [0.4, 0.5) is 0 Å². The number of para-hydroxylation sites is 1. The minimum atomic E-state index is -0.311. The highest BCUT2D eigenvalue weighted by molar-refractivity contribution is 5.99. The predicted molar refractivity (Wildman–Crippen MR) is 118 cm³/mol. The molecule has 1 fully saturated rings. The fourth-order valence-corrected chi connectivity index (χ4v) is 3.86. The van der Waals surface area contributed by atoms with Crippen molar-refractivity contribution in [3.05, 3.63) is 58.7 Å². The van der Waals surface area contributed by atoms with Crippen molar-refractivity contribution in [1.82, 2.24) is 5.43 Å². The van der Waals surface area contributed by atoms with E-state index < -0.39 is 0 Å². The maximum Gasteiger partial charge on any atom is 0.277 e. The maximum atomic E-state index is 12.2. The summed E-state index contributed by atoms with van der Waals surface area (Å²) in [5, 5.41) is 14.5. The number of carbonyl (C=O) groups is 1. The number of piperidine rings is 1. The summed E-state index contributed by atoms with van der Waals surface area (Å²) in [6.45, 7) is 8.76. The van der Waals surface area contributed by atoms with Crippen molar-refractivity contribution in [3.8, 4) is 11.5 Å². The van der Waals surface area contributed by atoms with E-state index in [9.17, 15) is 9.90 Å². The number of rotatable bonds is 7. The Hall–Kier alpha value is -2.86. The number of likely N-dealkylation sites (tertiary alicyclic amines) is 1. The second-order valence-electron chi connectivity index (χ2n) is 8.07. The van der Waals surface area contributed by atoms with Gasteiger partial charge >= 0.3 is 0 Å². The normalized spacial score (nSPS) is 15.1. The molecule has 0 unspecified atom stereocenters. The molecule has 6 heteroatoms. The number of hydrazone groups is 1. The predicted octanol–water partition coefficient (Wildman–Crippen LogP) is 2.50. The Bertz CT molecular complexity index is 898. The van der Waals surface area contributed by atoms with Gasteiger partial charge in [0, 0.05) is 5.56 Å². The molecule has 3 rings (SSSR count). The van der Waals surface area contributed by atoms with Crippen LogP contribution in [-0.4, -0.2) is 36.4 Å². The molecule has 0 saturated carbocycles. The van der Waals surface area contributed by atoms with Crippen LogP contribution in [0.15, 0.2) is 41.5 Å². The molecule has 0 spiro atoms. The first-order valence-corrected chi connectivity index (χ1v) is 10.6. The minimum Gasteiger partial charge on any atom is -0.507 e. The number of aryl methyl sites for hydroxylation is 2. The van der Waals surface area contributed by atoms with Gasteiger partial charge < -0.3 is 14.7 Å². The highest BCUT2D eigenvalue weighted by Crippen LogP contribution is 2.22. The van der Waals surface area contributed by atoms with E-state index in [1.165, 1.54) is 24.2 Å². The van der Waals surface area contributed by atoms with Crippen molar-refractivity contribution in [2.24, 2.45) is 5.10 Å². The molecular formula is C24H32N3O3+. The Morgan fingerprint density at radius 1 is 1.13 bits per heavy atom. The molecule has 0 aromatic heterocycles. The highest BCUT2D eigenvalue weighted by atomic mass is 16.5. The third kappa shape index (κ3) is 5.83. The van der Waals surface area contributed by atoms with Crippen molar-refractivity contribution < 1.29 is 19.5 Å². The number of aromatic hydroxyl groups is 1. The molecule has 2 aromatic rings. The number of phenolic OH excluding ortho intramolecular Hbond substituents is 1. The molecule has 1 saturated heterocycles. The summed E-state index contributed by atoms with van der Waals surface area (Å²) in [6.07, 6.45) is 3.78. The number of benzene rings is 2. The first-order chi connectivity index (χ1) is 14.4. The maximum absolute atomic E-state index is 12.2. The van der Waals surface area contributed by atoms with E-state index in [1.54, 1.807) is 6.07 Å². The van der Waals surface area contributed by atoms with E-state index in [0.717, 1.165) is 47.6 Å². The molecule has 3 N–H and O–H groups in total. The lowest BCUT2D eigenvalue weighted by molar-refractivity contribution is -0.918. The SMILES string of the molecule is C/C(=N\NC(=O)COc1c(C)cccc1C)c1ccc(O)c(C[NH+]2CCCCC2)c1. The highest BCUT2D eigenvalue weighted by Gasteiger charge is 2.16. The summed E-state index contributed by atoms with van der Waals surface area (Å²) >= 11 is 0. The van der Waals surface area contributed by atoms with E-state index in [4.69, 9.17) is 4.74 Å². The molecule has 6 nitrogen and oxygen atoms in total. The van der Waals surface area contributed by atoms with Crippen molar-refractivity contribution >= 4 is 11.6 Å². The number of amides is 1. The summed E-state index contributed by atoms with van der Waals surface area (Å²) in [5.74, 6) is 0.737. The van der Waals surface area contributed by atoms with Crippen LogP contribution in [0.2, 0.25) is 0 Å². The number of nitrogens with one attached hydrogen (secondary N) is 2. The Kier molecular flexibility index (Phi) is 7.46. The fraction of sp³-hybridized carbons (Fsp3) is 0.417. The molecule has 0 atom stereocenters. The largest absolute Gasteiger partial charge is 0.507 e. The lowest BCUT2D eigenvalue weighted by atomic mass is 10.0. The van der Waals surface area contributed by atoms with E-state index in [1.807, 2.05) is 51.1 Å². The zero-order valence-electron chi connectivity index (χ0n) is 18.1. The Morgan fingerprint density at radius 3 is 2.53 bits per heavy atom. The van der Waals surface area contributed by atoms with Gasteiger partial charge in [-0.3, -0.25) is 4.79 Å². The van der Waals surface area contributed by atoms with Gasteiger partial charge in [-0.25, -0.2) is 5.43 Å². The average molecular weight is 411 g/mol. The van der Waals surface area contributed by atoms with Crippen molar-refractivity contribution in [2.75, 3.05) is 19.7 Å². The molecule has 1 amide bonds. The third-order valence-electron chi connectivity index (χ3n) is 5.60. The first kappa shape index (κ1) is 21.8. The quantitative estimate of drug-likeness (QED) is 0.485. The van der Waals surface area contributed by atoms with Gasteiger partial charge in [0.2, 0.25) is 0 Å². The molecule has 1 aliphatic rings. The second-order valence-corrected chi connectivity index (χ2v) is 8.07. The van der Waals surface area contributed by atoms with E-state index in [0.29, 0.717) is 11.5 Å². The number of quaternary nitrogens is 1. The van der Waals surface area contributed by atoms with Crippen molar-refractivity contribution in [3.63, 3.8) is 0 Å². The zero-order chi connectivity index (χ0) is 21.5. The lowest BCUT2D eigenvalue weighted by Crippen LogP contribution is -3.11. The van der Waals surface area contributed by atoms with Gasteiger partial charge in [-0.05, 0) is 74.9 Å². The molecular weight excluding hydrogens is 378 g/mol. The van der Waals surface area contributed by atoms with E-state index in [2.05, 4.69) is 10.5 Å². The number of hydrogen-bond donors (Lipinski definition) is 3. The lowest BCUT2D eigenvalue weighted by Gasteiger charge is -2.24. The molecule has 1 aliphatic heterocycles. The Morgan fingerprint density at radius 2 is 1.83 bits per heavy atom. The van der Waals surface area contributed by atoms with Gasteiger partial charge in [0.1, 0.15) is 18.0 Å². The van der Waals surface area contributed by atoms with Crippen molar-refractivity contribution in [1.29, 1.82) is 0 Å². The summed E-state index contributed by atoms with van der Waals surface area (Å²) in [6, 6.07) is 11.4. The number of phenols is 1. The fourth-order valence-electron chi connectivity index (χ4n) is 3.86. The van der Waals surface area contributed by atoms with E-state index >= 15 is 0 Å². The van der Waals surface area contributed by atoms with Gasteiger partial charge in [0.15, 0.2) is 6.61 Å². The summed E-state index contributed by atoms with van der Waals surface area (Å²) < 4.78 is 5.67. The summed E-state index contributed by atoms with van der Waals surface area (Å²) in [7, 11) is 0. The van der Waals surface area contributed by atoms with Crippen molar-refractivity contribution in [2.45, 2.75) is 46.6 Å². The van der Waals surface area contributed by atoms with Gasteiger partial charge in [-0.1, -0.05) is 18.2 Å². The van der Waals surface area contributed by atoms with E-state index in [-0.39, 0.29) is 12.5 Å². The summed E-state index contributed by atoms with van der Waals surface area (Å²) in [4.78, 5) is 13.7. The molecule has 0 radical (unpaired) electrons. The Labute approximate surface area is 178 Å². The number of nitrogens with zero attached hydrogens (tertiary/aromatic N) is 1. The van der Waals surface area contributed by atoms with Gasteiger partial charge in [-0.15, -0.1) is 0 Å². The third-order valence-corrected chi connectivity index (χ3v) is 5.60. The summed E-state index contributed by atoms with van der Waals surface area (Å²) in [5.41, 5.74) is 7.04. The number of carbonyl (C=O) groups excluding carboxylic acids is 1.